The first kappa shape index (κ1) is 17.6. The highest BCUT2D eigenvalue weighted by Gasteiger charge is 2.28. The van der Waals surface area contributed by atoms with E-state index in [1.165, 1.54) is 0 Å². The highest BCUT2D eigenvalue weighted by atomic mass is 28.4. The number of anilines is 1. The molecule has 0 N–H and O–H groups in total. The second-order valence-corrected chi connectivity index (χ2v) is 16.3. The van der Waals surface area contributed by atoms with Crippen molar-refractivity contribution >= 4 is 34.1 Å². The van der Waals surface area contributed by atoms with Crippen LogP contribution in [0.1, 0.15) is 17.3 Å². The average Bonchev–Trinajstić information content (AvgIpc) is 2.24. The van der Waals surface area contributed by atoms with E-state index in [0.29, 0.717) is 5.56 Å². The highest BCUT2D eigenvalue weighted by Crippen LogP contribution is 2.23. The number of amides is 1. The van der Waals surface area contributed by atoms with Crippen LogP contribution in [0.25, 0.3) is 0 Å². The molecule has 0 saturated heterocycles. The molecule has 0 spiro atoms. The third-order valence-electron chi connectivity index (χ3n) is 2.75. The Kier molecular flexibility index (Phi) is 5.17. The Balaban J connectivity index is 3.02. The molecule has 1 rings (SSSR count). The van der Waals surface area contributed by atoms with Crippen molar-refractivity contribution in [1.82, 2.24) is 0 Å². The van der Waals surface area contributed by atoms with Crippen LogP contribution in [0.3, 0.4) is 0 Å². The zero-order chi connectivity index (χ0) is 16.4. The highest BCUT2D eigenvalue weighted by molar-refractivity contribution is 6.83. The summed E-state index contributed by atoms with van der Waals surface area (Å²) in [6.45, 7) is 13.8. The monoisotopic (exact) mass is 323 g/mol. The van der Waals surface area contributed by atoms with Crippen LogP contribution in [-0.2, 0) is 9.22 Å². The van der Waals surface area contributed by atoms with Crippen molar-refractivity contribution in [1.29, 1.82) is 0 Å². The molecule has 0 saturated carbocycles. The Bertz CT molecular complexity index is 527. The van der Waals surface area contributed by atoms with Gasteiger partial charge in [0.15, 0.2) is 8.24 Å². The van der Waals surface area contributed by atoms with Gasteiger partial charge >= 0.3 is 5.97 Å². The van der Waals surface area contributed by atoms with Gasteiger partial charge in [-0.2, -0.15) is 0 Å². The van der Waals surface area contributed by atoms with Crippen molar-refractivity contribution in [3.05, 3.63) is 29.8 Å². The van der Waals surface area contributed by atoms with Gasteiger partial charge in [0.1, 0.15) is 0 Å². The number of carbonyl (C=O) groups is 2. The molecule has 116 valence electrons. The van der Waals surface area contributed by atoms with Crippen LogP contribution < -0.4 is 4.57 Å². The molecular formula is C15H25NO3Si2. The Hall–Kier alpha value is -1.41. The van der Waals surface area contributed by atoms with Gasteiger partial charge in [-0.15, -0.1) is 0 Å². The van der Waals surface area contributed by atoms with Crippen molar-refractivity contribution < 1.29 is 14.0 Å². The van der Waals surface area contributed by atoms with Crippen molar-refractivity contribution in [2.75, 3.05) is 4.57 Å². The molecule has 6 heteroatoms. The Morgan fingerprint density at radius 3 is 1.76 bits per heavy atom. The average molecular weight is 324 g/mol. The summed E-state index contributed by atoms with van der Waals surface area (Å²) in [6, 6.07) is 7.10. The fraction of sp³-hybridized carbons (Fsp3) is 0.467. The number of carbonyl (C=O) groups excluding carboxylic acids is 2. The van der Waals surface area contributed by atoms with Crippen molar-refractivity contribution in [3.8, 4) is 0 Å². The van der Waals surface area contributed by atoms with E-state index in [1.807, 2.05) is 36.3 Å². The summed E-state index contributed by atoms with van der Waals surface area (Å²) in [4.78, 5) is 23.9. The minimum absolute atomic E-state index is 0.0339. The predicted molar refractivity (Wildman–Crippen MR) is 91.7 cm³/mol. The molecule has 0 aromatic heterocycles. The standard InChI is InChI=1S/C15H25NO3Si2/c1-12(17)16(20(2,3)4)14-10-8-13(9-11-14)15(18)19-21(5,6)7/h8-11H,1-7H3. The summed E-state index contributed by atoms with van der Waals surface area (Å²) in [5, 5.41) is 0. The number of hydrogen-bond donors (Lipinski definition) is 0. The number of rotatable bonds is 4. The molecule has 1 amide bonds. The number of benzene rings is 1. The van der Waals surface area contributed by atoms with Gasteiger partial charge in [0.05, 0.1) is 5.56 Å². The normalized spacial score (nSPS) is 12.0. The molecule has 0 bridgehead atoms. The van der Waals surface area contributed by atoms with E-state index in [9.17, 15) is 9.59 Å². The molecule has 1 aromatic rings. The van der Waals surface area contributed by atoms with E-state index in [-0.39, 0.29) is 11.9 Å². The van der Waals surface area contributed by atoms with E-state index in [0.717, 1.165) is 5.69 Å². The van der Waals surface area contributed by atoms with Crippen molar-refractivity contribution in [3.63, 3.8) is 0 Å². The van der Waals surface area contributed by atoms with Crippen LogP contribution in [-0.4, -0.2) is 28.4 Å². The van der Waals surface area contributed by atoms with Gasteiger partial charge in [0.2, 0.25) is 14.2 Å². The summed E-state index contributed by atoms with van der Waals surface area (Å²) < 4.78 is 7.31. The molecule has 1 aromatic carbocycles. The van der Waals surface area contributed by atoms with Gasteiger partial charge in [0, 0.05) is 12.6 Å². The minimum Gasteiger partial charge on any atom is -0.516 e. The lowest BCUT2D eigenvalue weighted by Crippen LogP contribution is -2.49. The molecule has 0 aliphatic carbocycles. The topological polar surface area (TPSA) is 46.6 Å². The number of hydrogen-bond acceptors (Lipinski definition) is 3. The van der Waals surface area contributed by atoms with Crippen LogP contribution in [0.2, 0.25) is 39.3 Å². The lowest BCUT2D eigenvalue weighted by atomic mass is 10.2. The van der Waals surface area contributed by atoms with Crippen molar-refractivity contribution in [2.45, 2.75) is 46.2 Å². The maximum Gasteiger partial charge on any atom is 0.324 e. The van der Waals surface area contributed by atoms with Gasteiger partial charge in [-0.25, -0.2) is 4.79 Å². The molecular weight excluding hydrogens is 298 g/mol. The fourth-order valence-corrected chi connectivity index (χ4v) is 4.67. The molecule has 4 nitrogen and oxygen atoms in total. The van der Waals surface area contributed by atoms with Gasteiger partial charge in [0.25, 0.3) is 0 Å². The molecule has 0 fully saturated rings. The fourth-order valence-electron chi connectivity index (χ4n) is 2.13. The van der Waals surface area contributed by atoms with Gasteiger partial charge in [-0.05, 0) is 43.9 Å². The van der Waals surface area contributed by atoms with Crippen LogP contribution in [0.4, 0.5) is 5.69 Å². The van der Waals surface area contributed by atoms with E-state index >= 15 is 0 Å². The lowest BCUT2D eigenvalue weighted by Gasteiger charge is -2.33. The first-order valence-corrected chi connectivity index (χ1v) is 13.9. The largest absolute Gasteiger partial charge is 0.516 e. The maximum atomic E-state index is 12.0. The molecule has 0 aliphatic rings. The summed E-state index contributed by atoms with van der Waals surface area (Å²) in [7, 11) is -3.69. The predicted octanol–water partition coefficient (Wildman–Crippen LogP) is 3.87. The summed E-state index contributed by atoms with van der Waals surface area (Å²) in [5.41, 5.74) is 1.37. The zero-order valence-corrected chi connectivity index (χ0v) is 16.0. The zero-order valence-electron chi connectivity index (χ0n) is 14.0. The van der Waals surface area contributed by atoms with Crippen LogP contribution in [0, 0.1) is 0 Å². The molecule has 0 unspecified atom stereocenters. The molecule has 0 aliphatic heterocycles. The first-order valence-electron chi connectivity index (χ1n) is 7.06. The summed E-state index contributed by atoms with van der Waals surface area (Å²) in [5.74, 6) is -0.255. The van der Waals surface area contributed by atoms with Gasteiger partial charge in [-0.3, -0.25) is 4.79 Å². The van der Waals surface area contributed by atoms with Gasteiger partial charge < -0.3 is 8.99 Å². The quantitative estimate of drug-likeness (QED) is 0.790. The third kappa shape index (κ3) is 5.13. The third-order valence-corrected chi connectivity index (χ3v) is 5.46. The Labute approximate surface area is 129 Å². The van der Waals surface area contributed by atoms with Crippen LogP contribution >= 0.6 is 0 Å². The Morgan fingerprint density at radius 2 is 1.43 bits per heavy atom. The SMILES string of the molecule is CC(=O)N(c1ccc(C(=O)O[Si](C)(C)C)cc1)[Si](C)(C)C. The smallest absolute Gasteiger partial charge is 0.324 e. The Morgan fingerprint density at radius 1 is 0.952 bits per heavy atom. The summed E-state index contributed by atoms with van der Waals surface area (Å²) in [6.07, 6.45) is 0. The minimum atomic E-state index is -1.89. The van der Waals surface area contributed by atoms with E-state index < -0.39 is 16.6 Å². The molecule has 21 heavy (non-hydrogen) atoms. The first-order chi connectivity index (χ1) is 9.42. The van der Waals surface area contributed by atoms with E-state index in [1.54, 1.807) is 19.1 Å². The van der Waals surface area contributed by atoms with E-state index in [4.69, 9.17) is 4.43 Å². The van der Waals surface area contributed by atoms with Crippen LogP contribution in [0.15, 0.2) is 24.3 Å². The molecule has 0 heterocycles. The maximum absolute atomic E-state index is 12.0. The second kappa shape index (κ2) is 6.15. The summed E-state index contributed by atoms with van der Waals surface area (Å²) >= 11 is 0. The van der Waals surface area contributed by atoms with Gasteiger partial charge in [-0.1, -0.05) is 19.6 Å². The lowest BCUT2D eigenvalue weighted by molar-refractivity contribution is -0.115. The number of nitrogens with zero attached hydrogens (tertiary/aromatic N) is 1. The van der Waals surface area contributed by atoms with Crippen LogP contribution in [0.5, 0.6) is 0 Å². The molecule has 0 radical (unpaired) electrons. The second-order valence-electron chi connectivity index (χ2n) is 7.07. The van der Waals surface area contributed by atoms with Crippen molar-refractivity contribution in [2.24, 2.45) is 0 Å². The molecule has 0 atom stereocenters. The van der Waals surface area contributed by atoms with E-state index in [2.05, 4.69) is 19.6 Å².